The Hall–Kier alpha value is -0.293. The average Bonchev–Trinajstić information content (AvgIpc) is 2.95. The maximum Gasteiger partial charge on any atom is 0.352 e. The molecule has 2 saturated heterocycles. The number of aliphatic hydroxyl groups excluding tert-OH is 2. The van der Waals surface area contributed by atoms with E-state index in [1.807, 2.05) is 6.92 Å². The Balaban J connectivity index is 2.05. The van der Waals surface area contributed by atoms with Crippen molar-refractivity contribution in [2.24, 2.45) is 11.8 Å². The molecule has 0 radical (unpaired) electrons. The maximum absolute atomic E-state index is 10.6. The fourth-order valence-corrected chi connectivity index (χ4v) is 4.93. The van der Waals surface area contributed by atoms with Crippen LogP contribution in [0.5, 0.6) is 0 Å². The Bertz CT molecular complexity index is 558. The van der Waals surface area contributed by atoms with E-state index >= 15 is 0 Å². The third kappa shape index (κ3) is 6.60. The summed E-state index contributed by atoms with van der Waals surface area (Å²) in [6.07, 6.45) is -2.69. The number of rotatable bonds is 8. The van der Waals surface area contributed by atoms with Gasteiger partial charge in [0.25, 0.3) is 0 Å². The van der Waals surface area contributed by atoms with Crippen LogP contribution in [0.25, 0.3) is 0 Å². The Labute approximate surface area is 187 Å². The standard InChI is InChI=1S/C21H40O7SSi/c1-8-15-13(3)18(12(2)14(4)25-15)27-20-19(17(23)16(11-22)26-20)28-21(29)24-9-10-30(5,6)7/h12-20,22-23H,8-11H2,1-7H3/t12?,13-,14-,15?,16+,17-,18-,19?,20-/m0/s1. The Morgan fingerprint density at radius 3 is 2.27 bits per heavy atom. The van der Waals surface area contributed by atoms with E-state index in [2.05, 4.69) is 40.4 Å². The van der Waals surface area contributed by atoms with E-state index in [0.717, 1.165) is 12.5 Å². The van der Waals surface area contributed by atoms with Crippen molar-refractivity contribution in [3.05, 3.63) is 0 Å². The molecule has 3 unspecified atom stereocenters. The highest BCUT2D eigenvalue weighted by molar-refractivity contribution is 7.79. The lowest BCUT2D eigenvalue weighted by molar-refractivity contribution is -0.251. The van der Waals surface area contributed by atoms with Crippen LogP contribution in [0.2, 0.25) is 25.7 Å². The summed E-state index contributed by atoms with van der Waals surface area (Å²) >= 11 is 5.23. The topological polar surface area (TPSA) is 86.6 Å². The lowest BCUT2D eigenvalue weighted by atomic mass is 9.82. The second-order valence-corrected chi connectivity index (χ2v) is 15.8. The molecular weight excluding hydrogens is 424 g/mol. The second-order valence-electron chi connectivity index (χ2n) is 9.81. The zero-order valence-electron chi connectivity index (χ0n) is 19.4. The zero-order chi connectivity index (χ0) is 22.6. The minimum atomic E-state index is -1.26. The molecule has 7 nitrogen and oxygen atoms in total. The highest BCUT2D eigenvalue weighted by atomic mass is 32.1. The predicted molar refractivity (Wildman–Crippen MR) is 121 cm³/mol. The van der Waals surface area contributed by atoms with Gasteiger partial charge in [-0.05, 0) is 19.4 Å². The van der Waals surface area contributed by atoms with Gasteiger partial charge in [-0.25, -0.2) is 0 Å². The van der Waals surface area contributed by atoms with E-state index in [-0.39, 0.29) is 42.0 Å². The molecule has 2 aliphatic rings. The summed E-state index contributed by atoms with van der Waals surface area (Å²) in [6.45, 7) is 15.3. The van der Waals surface area contributed by atoms with Gasteiger partial charge in [0.1, 0.15) is 12.2 Å². The molecule has 2 aliphatic heterocycles. The van der Waals surface area contributed by atoms with Gasteiger partial charge in [0, 0.05) is 32.1 Å². The molecule has 2 rings (SSSR count). The molecule has 0 aromatic heterocycles. The van der Waals surface area contributed by atoms with Gasteiger partial charge in [-0.3, -0.25) is 0 Å². The van der Waals surface area contributed by atoms with Crippen molar-refractivity contribution in [2.75, 3.05) is 13.2 Å². The maximum atomic E-state index is 10.6. The minimum Gasteiger partial charge on any atom is -0.457 e. The molecule has 9 heteroatoms. The smallest absolute Gasteiger partial charge is 0.352 e. The molecule has 2 N–H and O–H groups in total. The van der Waals surface area contributed by atoms with E-state index in [0.29, 0.717) is 6.61 Å². The molecule has 9 atom stereocenters. The molecule has 0 bridgehead atoms. The van der Waals surface area contributed by atoms with Crippen molar-refractivity contribution in [1.29, 1.82) is 0 Å². The Morgan fingerprint density at radius 2 is 1.70 bits per heavy atom. The van der Waals surface area contributed by atoms with Crippen molar-refractivity contribution in [3.63, 3.8) is 0 Å². The minimum absolute atomic E-state index is 0.0269. The zero-order valence-corrected chi connectivity index (χ0v) is 21.2. The lowest BCUT2D eigenvalue weighted by Gasteiger charge is -2.44. The fraction of sp³-hybridized carbons (Fsp3) is 0.952. The monoisotopic (exact) mass is 464 g/mol. The predicted octanol–water partition coefficient (Wildman–Crippen LogP) is 2.94. The van der Waals surface area contributed by atoms with Crippen LogP contribution in [0, 0.1) is 11.8 Å². The summed E-state index contributed by atoms with van der Waals surface area (Å²) in [5.41, 5.74) is 0. The van der Waals surface area contributed by atoms with Crippen molar-refractivity contribution < 1.29 is 33.9 Å². The largest absolute Gasteiger partial charge is 0.457 e. The van der Waals surface area contributed by atoms with Crippen LogP contribution in [0.15, 0.2) is 0 Å². The van der Waals surface area contributed by atoms with Gasteiger partial charge in [-0.2, -0.15) is 0 Å². The van der Waals surface area contributed by atoms with Gasteiger partial charge in [0.15, 0.2) is 12.4 Å². The lowest BCUT2D eigenvalue weighted by Crippen LogP contribution is -2.51. The van der Waals surface area contributed by atoms with E-state index in [1.54, 1.807) is 0 Å². The summed E-state index contributed by atoms with van der Waals surface area (Å²) in [5.74, 6) is 0.285. The molecule has 2 heterocycles. The van der Waals surface area contributed by atoms with E-state index < -0.39 is 32.7 Å². The first-order chi connectivity index (χ1) is 14.0. The van der Waals surface area contributed by atoms with Crippen LogP contribution in [-0.2, 0) is 23.7 Å². The summed E-state index contributed by atoms with van der Waals surface area (Å²) in [6, 6.07) is 0.951. The third-order valence-electron chi connectivity index (χ3n) is 6.23. The summed E-state index contributed by atoms with van der Waals surface area (Å²) < 4.78 is 29.6. The van der Waals surface area contributed by atoms with E-state index in [9.17, 15) is 10.2 Å². The first-order valence-corrected chi connectivity index (χ1v) is 15.2. The van der Waals surface area contributed by atoms with Crippen molar-refractivity contribution >= 4 is 25.5 Å². The Kier molecular flexibility index (Phi) is 9.54. The average molecular weight is 465 g/mol. The molecule has 30 heavy (non-hydrogen) atoms. The number of hydrogen-bond acceptors (Lipinski definition) is 8. The van der Waals surface area contributed by atoms with Crippen LogP contribution in [0.3, 0.4) is 0 Å². The van der Waals surface area contributed by atoms with Crippen LogP contribution >= 0.6 is 12.2 Å². The van der Waals surface area contributed by atoms with Gasteiger partial charge >= 0.3 is 5.24 Å². The molecule has 0 aliphatic carbocycles. The number of aliphatic hydroxyl groups is 2. The quantitative estimate of drug-likeness (QED) is 0.419. The molecule has 0 saturated carbocycles. The molecule has 0 amide bonds. The second kappa shape index (κ2) is 11.0. The number of thiocarbonyl (C=S) groups is 1. The molecule has 2 fully saturated rings. The fourth-order valence-electron chi connectivity index (χ4n) is 4.03. The van der Waals surface area contributed by atoms with Crippen LogP contribution < -0.4 is 0 Å². The summed E-state index contributed by atoms with van der Waals surface area (Å²) in [5, 5.41) is 20.2. The van der Waals surface area contributed by atoms with Gasteiger partial charge in [-0.1, -0.05) is 40.4 Å². The van der Waals surface area contributed by atoms with Crippen LogP contribution in [0.4, 0.5) is 0 Å². The molecular formula is C21H40O7SSi. The van der Waals surface area contributed by atoms with Gasteiger partial charge in [0.2, 0.25) is 0 Å². The highest BCUT2D eigenvalue weighted by Gasteiger charge is 2.50. The highest BCUT2D eigenvalue weighted by Crippen LogP contribution is 2.36. The van der Waals surface area contributed by atoms with Crippen molar-refractivity contribution in [2.45, 2.75) is 103 Å². The van der Waals surface area contributed by atoms with Crippen LogP contribution in [-0.4, -0.2) is 79.7 Å². The van der Waals surface area contributed by atoms with Crippen LogP contribution in [0.1, 0.15) is 34.1 Å². The van der Waals surface area contributed by atoms with Gasteiger partial charge < -0.3 is 33.9 Å². The number of hydrogen-bond donors (Lipinski definition) is 2. The number of ether oxygens (including phenoxy) is 5. The molecule has 0 spiro atoms. The first-order valence-electron chi connectivity index (χ1n) is 11.1. The van der Waals surface area contributed by atoms with Crippen molar-refractivity contribution in [3.8, 4) is 0 Å². The third-order valence-corrected chi connectivity index (χ3v) is 8.14. The van der Waals surface area contributed by atoms with Gasteiger partial charge in [-0.15, -0.1) is 0 Å². The molecule has 176 valence electrons. The van der Waals surface area contributed by atoms with Crippen molar-refractivity contribution in [1.82, 2.24) is 0 Å². The first kappa shape index (κ1) is 26.0. The summed E-state index contributed by atoms with van der Waals surface area (Å²) in [7, 11) is -1.26. The summed E-state index contributed by atoms with van der Waals surface area (Å²) in [4.78, 5) is 0. The van der Waals surface area contributed by atoms with E-state index in [1.165, 1.54) is 0 Å². The molecule has 0 aromatic carbocycles. The SMILES string of the molecule is CCC1O[C@@H](C)C(C)[C@H](O[C@@H]2O[C@H](CO)[C@H](O)C2OC(=S)OCC[Si](C)(C)C)[C@H]1C. The van der Waals surface area contributed by atoms with Gasteiger partial charge in [0.05, 0.1) is 31.5 Å². The molecule has 0 aromatic rings. The van der Waals surface area contributed by atoms with E-state index in [4.69, 9.17) is 35.9 Å². The Morgan fingerprint density at radius 1 is 1.03 bits per heavy atom. The normalized spacial score (nSPS) is 39.7.